The van der Waals surface area contributed by atoms with Crippen molar-refractivity contribution in [2.75, 3.05) is 5.32 Å². The van der Waals surface area contributed by atoms with Crippen LogP contribution in [0.5, 0.6) is 0 Å². The predicted molar refractivity (Wildman–Crippen MR) is 96.9 cm³/mol. The summed E-state index contributed by atoms with van der Waals surface area (Å²) in [5.74, 6) is 1.66. The van der Waals surface area contributed by atoms with Crippen molar-refractivity contribution < 1.29 is 0 Å². The molecule has 5 nitrogen and oxygen atoms in total. The van der Waals surface area contributed by atoms with Crippen molar-refractivity contribution in [3.8, 4) is 0 Å². The van der Waals surface area contributed by atoms with E-state index in [1.165, 1.54) is 11.1 Å². The molecule has 0 fully saturated rings. The van der Waals surface area contributed by atoms with E-state index < -0.39 is 0 Å². The van der Waals surface area contributed by atoms with E-state index in [1.807, 2.05) is 18.2 Å². The third kappa shape index (κ3) is 2.29. The van der Waals surface area contributed by atoms with Crippen LogP contribution in [-0.2, 0) is 6.42 Å². The zero-order valence-corrected chi connectivity index (χ0v) is 14.0. The first-order chi connectivity index (χ1) is 11.7. The van der Waals surface area contributed by atoms with E-state index in [-0.39, 0.29) is 0 Å². The smallest absolute Gasteiger partial charge is 0.204 e. The molecule has 0 saturated heterocycles. The lowest BCUT2D eigenvalue weighted by molar-refractivity contribution is 0.922. The lowest BCUT2D eigenvalue weighted by Gasteiger charge is -2.11. The molecule has 2 aromatic heterocycles. The number of rotatable bonds is 3. The lowest BCUT2D eigenvalue weighted by atomic mass is 10.1. The summed E-state index contributed by atoms with van der Waals surface area (Å²) in [6.07, 6.45) is 0.818. The van der Waals surface area contributed by atoms with Gasteiger partial charge >= 0.3 is 0 Å². The van der Waals surface area contributed by atoms with Gasteiger partial charge in [-0.15, -0.1) is 10.2 Å². The summed E-state index contributed by atoms with van der Waals surface area (Å²) in [6.45, 7) is 6.30. The van der Waals surface area contributed by atoms with E-state index in [0.29, 0.717) is 0 Å². The quantitative estimate of drug-likeness (QED) is 0.615. The maximum atomic E-state index is 4.76. The van der Waals surface area contributed by atoms with Gasteiger partial charge < -0.3 is 5.32 Å². The Bertz CT molecular complexity index is 1050. The van der Waals surface area contributed by atoms with Crippen LogP contribution in [0.4, 0.5) is 11.5 Å². The standard InChI is InChI=1S/C19H19N5/c1-4-17-22-23-19-18(20-14-10-9-12(2)13(3)11-14)21-15-7-5-6-8-16(15)24(17)19/h5-11H,4H2,1-3H3,(H,20,21). The minimum atomic E-state index is 0.726. The van der Waals surface area contributed by atoms with Crippen LogP contribution < -0.4 is 5.32 Å². The molecular formula is C19H19N5. The molecule has 120 valence electrons. The van der Waals surface area contributed by atoms with Gasteiger partial charge in [-0.1, -0.05) is 25.1 Å². The third-order valence-corrected chi connectivity index (χ3v) is 4.38. The Morgan fingerprint density at radius 3 is 2.62 bits per heavy atom. The van der Waals surface area contributed by atoms with Crippen molar-refractivity contribution in [1.82, 2.24) is 19.6 Å². The number of hydrogen-bond donors (Lipinski definition) is 1. The molecule has 1 N–H and O–H groups in total. The minimum Gasteiger partial charge on any atom is -0.337 e. The van der Waals surface area contributed by atoms with Crippen LogP contribution in [0, 0.1) is 13.8 Å². The predicted octanol–water partition coefficient (Wildman–Crippen LogP) is 4.20. The summed E-state index contributed by atoms with van der Waals surface area (Å²) in [7, 11) is 0. The number of para-hydroxylation sites is 2. The summed E-state index contributed by atoms with van der Waals surface area (Å²) in [4.78, 5) is 4.76. The average molecular weight is 317 g/mol. The van der Waals surface area contributed by atoms with Crippen LogP contribution in [0.25, 0.3) is 16.7 Å². The van der Waals surface area contributed by atoms with Crippen molar-refractivity contribution in [3.63, 3.8) is 0 Å². The molecule has 0 amide bonds. The van der Waals surface area contributed by atoms with E-state index >= 15 is 0 Å². The van der Waals surface area contributed by atoms with Gasteiger partial charge in [0.25, 0.3) is 0 Å². The highest BCUT2D eigenvalue weighted by Gasteiger charge is 2.14. The summed E-state index contributed by atoms with van der Waals surface area (Å²) in [6, 6.07) is 14.4. The van der Waals surface area contributed by atoms with Crippen LogP contribution in [0.15, 0.2) is 42.5 Å². The average Bonchev–Trinajstić information content (AvgIpc) is 3.03. The molecule has 4 aromatic rings. The molecule has 5 heteroatoms. The van der Waals surface area contributed by atoms with Crippen molar-refractivity contribution in [1.29, 1.82) is 0 Å². The normalized spacial score (nSPS) is 11.3. The molecule has 2 aromatic carbocycles. The minimum absolute atomic E-state index is 0.726. The lowest BCUT2D eigenvalue weighted by Crippen LogP contribution is -2.02. The summed E-state index contributed by atoms with van der Waals surface area (Å²) < 4.78 is 2.09. The van der Waals surface area contributed by atoms with Crippen LogP contribution in [0.1, 0.15) is 23.9 Å². The Labute approximate surface area is 140 Å². The highest BCUT2D eigenvalue weighted by molar-refractivity contribution is 5.84. The maximum absolute atomic E-state index is 4.76. The number of benzene rings is 2. The van der Waals surface area contributed by atoms with Gasteiger partial charge in [0.1, 0.15) is 5.82 Å². The molecule has 0 spiro atoms. The Hall–Kier alpha value is -2.95. The number of aryl methyl sites for hydroxylation is 3. The number of fused-ring (bicyclic) bond motifs is 3. The van der Waals surface area contributed by atoms with Gasteiger partial charge in [0.2, 0.25) is 5.65 Å². The van der Waals surface area contributed by atoms with E-state index in [1.54, 1.807) is 0 Å². The number of hydrogen-bond acceptors (Lipinski definition) is 4. The fraction of sp³-hybridized carbons (Fsp3) is 0.211. The summed E-state index contributed by atoms with van der Waals surface area (Å²) in [5, 5.41) is 12.1. The molecule has 4 rings (SSSR count). The van der Waals surface area contributed by atoms with Crippen molar-refractivity contribution in [2.45, 2.75) is 27.2 Å². The summed E-state index contributed by atoms with van der Waals surface area (Å²) in [5.41, 5.74) is 6.22. The van der Waals surface area contributed by atoms with E-state index in [9.17, 15) is 0 Å². The fourth-order valence-electron chi connectivity index (χ4n) is 2.91. The van der Waals surface area contributed by atoms with E-state index in [0.717, 1.165) is 40.4 Å². The second kappa shape index (κ2) is 5.60. The van der Waals surface area contributed by atoms with Crippen molar-refractivity contribution in [2.24, 2.45) is 0 Å². The monoisotopic (exact) mass is 317 g/mol. The Morgan fingerprint density at radius 1 is 1.00 bits per heavy atom. The molecule has 0 aliphatic carbocycles. The number of nitrogens with zero attached hydrogens (tertiary/aromatic N) is 4. The number of aromatic nitrogens is 4. The first-order valence-electron chi connectivity index (χ1n) is 8.14. The Kier molecular flexibility index (Phi) is 3.41. The van der Waals surface area contributed by atoms with E-state index in [2.05, 4.69) is 65.0 Å². The zero-order valence-electron chi connectivity index (χ0n) is 14.0. The number of anilines is 2. The molecule has 2 heterocycles. The molecule has 0 aliphatic rings. The topological polar surface area (TPSA) is 55.1 Å². The van der Waals surface area contributed by atoms with Crippen molar-refractivity contribution in [3.05, 3.63) is 59.4 Å². The molecule has 24 heavy (non-hydrogen) atoms. The van der Waals surface area contributed by atoms with Gasteiger partial charge in [0, 0.05) is 12.1 Å². The highest BCUT2D eigenvalue weighted by Crippen LogP contribution is 2.25. The second-order valence-corrected chi connectivity index (χ2v) is 6.00. The third-order valence-electron chi connectivity index (χ3n) is 4.38. The maximum Gasteiger partial charge on any atom is 0.204 e. The summed E-state index contributed by atoms with van der Waals surface area (Å²) >= 11 is 0. The van der Waals surface area contributed by atoms with Gasteiger partial charge in [-0.05, 0) is 49.2 Å². The van der Waals surface area contributed by atoms with Gasteiger partial charge in [-0.2, -0.15) is 0 Å². The van der Waals surface area contributed by atoms with Gasteiger partial charge in [0.15, 0.2) is 5.82 Å². The van der Waals surface area contributed by atoms with Crippen LogP contribution in [0.2, 0.25) is 0 Å². The molecule has 0 saturated carbocycles. The Morgan fingerprint density at radius 2 is 1.83 bits per heavy atom. The highest BCUT2D eigenvalue weighted by atomic mass is 15.3. The molecule has 0 radical (unpaired) electrons. The zero-order chi connectivity index (χ0) is 16.7. The molecule has 0 atom stereocenters. The first kappa shape index (κ1) is 14.6. The van der Waals surface area contributed by atoms with Crippen molar-refractivity contribution >= 4 is 28.2 Å². The largest absolute Gasteiger partial charge is 0.337 e. The molecule has 0 bridgehead atoms. The molecule has 0 unspecified atom stereocenters. The van der Waals surface area contributed by atoms with Gasteiger partial charge in [-0.25, -0.2) is 4.98 Å². The molecule has 0 aliphatic heterocycles. The Balaban J connectivity index is 1.93. The molecular weight excluding hydrogens is 298 g/mol. The SMILES string of the molecule is CCc1nnc2c(Nc3ccc(C)c(C)c3)nc3ccccc3n12. The van der Waals surface area contributed by atoms with Crippen LogP contribution in [0.3, 0.4) is 0 Å². The van der Waals surface area contributed by atoms with E-state index in [4.69, 9.17) is 4.98 Å². The fourth-order valence-corrected chi connectivity index (χ4v) is 2.91. The van der Waals surface area contributed by atoms with Gasteiger partial charge in [0.05, 0.1) is 11.0 Å². The van der Waals surface area contributed by atoms with Crippen LogP contribution in [-0.4, -0.2) is 19.6 Å². The first-order valence-corrected chi connectivity index (χ1v) is 8.14. The number of nitrogens with one attached hydrogen (secondary N) is 1. The van der Waals surface area contributed by atoms with Crippen LogP contribution >= 0.6 is 0 Å². The second-order valence-electron chi connectivity index (χ2n) is 6.00. The van der Waals surface area contributed by atoms with Gasteiger partial charge in [-0.3, -0.25) is 4.40 Å².